The van der Waals surface area contributed by atoms with E-state index in [4.69, 9.17) is 58.2 Å². The van der Waals surface area contributed by atoms with Gasteiger partial charge in [-0.2, -0.15) is 0 Å². The smallest absolute Gasteiger partial charge is 0.272 e. The molecule has 1 N–H and O–H groups in total. The predicted molar refractivity (Wildman–Crippen MR) is 186 cm³/mol. The number of carbonyl (C=O) groups is 1. The number of carbonyl (C=O) groups excluding carboxylic acids is 1. The molecule has 0 spiro atoms. The summed E-state index contributed by atoms with van der Waals surface area (Å²) in [6.07, 6.45) is -1.56. The van der Waals surface area contributed by atoms with Crippen LogP contribution in [0.2, 0.25) is 5.04 Å². The first-order valence-electron chi connectivity index (χ1n) is 15.1. The minimum atomic E-state index is -2.94. The Bertz CT molecular complexity index is 1350. The lowest BCUT2D eigenvalue weighted by molar-refractivity contribution is -0.279. The highest BCUT2D eigenvalue weighted by molar-refractivity contribution is 6.99. The maximum absolute atomic E-state index is 13.0. The van der Waals surface area contributed by atoms with Crippen molar-refractivity contribution in [3.8, 4) is 0 Å². The van der Waals surface area contributed by atoms with Crippen LogP contribution in [0.15, 0.2) is 104 Å². The first-order valence-corrected chi connectivity index (χ1v) is 18.2. The summed E-state index contributed by atoms with van der Waals surface area (Å²) in [5, 5.41) is 4.77. The summed E-state index contributed by atoms with van der Waals surface area (Å²) < 4.78 is 30.2. The summed E-state index contributed by atoms with van der Waals surface area (Å²) in [6.45, 7) is 10.9. The first-order chi connectivity index (χ1) is 21.9. The average molecular weight is 707 g/mol. The van der Waals surface area contributed by atoms with Gasteiger partial charge >= 0.3 is 0 Å². The molecule has 1 fully saturated rings. The van der Waals surface area contributed by atoms with E-state index in [9.17, 15) is 4.79 Å². The molecule has 0 bridgehead atoms. The third kappa shape index (κ3) is 8.61. The Kier molecular flexibility index (Phi) is 12.9. The van der Waals surface area contributed by atoms with E-state index < -0.39 is 48.7 Å². The van der Waals surface area contributed by atoms with Crippen molar-refractivity contribution < 1.29 is 28.2 Å². The number of hydrogen-bond acceptors (Lipinski definition) is 6. The van der Waals surface area contributed by atoms with E-state index in [1.165, 1.54) is 0 Å². The second kappa shape index (κ2) is 16.2. The van der Waals surface area contributed by atoms with Gasteiger partial charge in [0, 0.05) is 7.11 Å². The van der Waals surface area contributed by atoms with E-state index in [-0.39, 0.29) is 24.9 Å². The number of methoxy groups -OCH3 is 1. The van der Waals surface area contributed by atoms with E-state index in [0.717, 1.165) is 15.9 Å². The highest BCUT2D eigenvalue weighted by atomic mass is 35.6. The lowest BCUT2D eigenvalue weighted by atomic mass is 9.96. The lowest BCUT2D eigenvalue weighted by Gasteiger charge is -2.48. The van der Waals surface area contributed by atoms with Crippen LogP contribution in [0.5, 0.6) is 0 Å². The maximum Gasteiger partial charge on any atom is 0.272 e. The molecule has 3 aromatic rings. The summed E-state index contributed by atoms with van der Waals surface area (Å²) in [7, 11) is -1.37. The minimum Gasteiger partial charge on any atom is -0.405 e. The van der Waals surface area contributed by atoms with Gasteiger partial charge in [0.05, 0.1) is 19.8 Å². The molecule has 7 nitrogen and oxygen atoms in total. The van der Waals surface area contributed by atoms with Gasteiger partial charge in [-0.25, -0.2) is 0 Å². The molecule has 0 unspecified atom stereocenters. The topological polar surface area (TPSA) is 75.2 Å². The van der Waals surface area contributed by atoms with Crippen LogP contribution in [0.4, 0.5) is 0 Å². The molecule has 11 heteroatoms. The van der Waals surface area contributed by atoms with Crippen molar-refractivity contribution in [2.45, 2.75) is 66.9 Å². The Morgan fingerprint density at radius 1 is 0.891 bits per heavy atom. The molecule has 3 aromatic carbocycles. The summed E-state index contributed by atoms with van der Waals surface area (Å²) in [6, 6.07) is 29.4. The second-order valence-corrected chi connectivity index (χ2v) is 18.7. The van der Waals surface area contributed by atoms with Gasteiger partial charge in [-0.1, -0.05) is 153 Å². The van der Waals surface area contributed by atoms with Crippen molar-refractivity contribution in [2.24, 2.45) is 0 Å². The van der Waals surface area contributed by atoms with Gasteiger partial charge in [-0.15, -0.1) is 6.58 Å². The fraction of sp³-hybridized carbons (Fsp3) is 0.400. The van der Waals surface area contributed by atoms with Crippen LogP contribution in [0, 0.1) is 0 Å². The van der Waals surface area contributed by atoms with Gasteiger partial charge in [0.15, 0.2) is 6.29 Å². The van der Waals surface area contributed by atoms with E-state index in [1.54, 1.807) is 13.2 Å². The molecule has 0 radical (unpaired) electrons. The Morgan fingerprint density at radius 2 is 1.43 bits per heavy atom. The van der Waals surface area contributed by atoms with Crippen LogP contribution in [0.3, 0.4) is 0 Å². The van der Waals surface area contributed by atoms with Gasteiger partial charge in [-0.3, -0.25) is 4.79 Å². The van der Waals surface area contributed by atoms with Crippen LogP contribution >= 0.6 is 34.8 Å². The Labute approximate surface area is 288 Å². The summed E-state index contributed by atoms with van der Waals surface area (Å²) in [5.74, 6) is -0.844. The number of halogens is 3. The summed E-state index contributed by atoms with van der Waals surface area (Å²) >= 11 is 17.9. The molecule has 248 valence electrons. The number of hydrogen-bond donors (Lipinski definition) is 1. The molecule has 0 aliphatic carbocycles. The number of nitrogens with one attached hydrogen (secondary N) is 1. The Hall–Kier alpha value is -2.24. The molecular formula is C35H42Cl3NO6Si. The fourth-order valence-electron chi connectivity index (χ4n) is 5.95. The van der Waals surface area contributed by atoms with Crippen LogP contribution in [0.1, 0.15) is 26.3 Å². The van der Waals surface area contributed by atoms with Gasteiger partial charge < -0.3 is 28.7 Å². The van der Waals surface area contributed by atoms with Gasteiger partial charge in [0.25, 0.3) is 18.0 Å². The summed E-state index contributed by atoms with van der Waals surface area (Å²) in [5.41, 5.74) is 0.930. The number of rotatable bonds is 13. The first kappa shape index (κ1) is 36.6. The molecule has 5 atom stereocenters. The average Bonchev–Trinajstić information content (AvgIpc) is 3.04. The lowest BCUT2D eigenvalue weighted by Crippen LogP contribution is -2.70. The van der Waals surface area contributed by atoms with Gasteiger partial charge in [0.1, 0.15) is 24.4 Å². The van der Waals surface area contributed by atoms with Crippen molar-refractivity contribution in [3.05, 3.63) is 109 Å². The molecule has 1 aliphatic rings. The monoisotopic (exact) mass is 705 g/mol. The van der Waals surface area contributed by atoms with Crippen LogP contribution in [0.25, 0.3) is 0 Å². The van der Waals surface area contributed by atoms with Crippen molar-refractivity contribution in [3.63, 3.8) is 0 Å². The molecule has 4 rings (SSSR count). The standard InChI is InChI=1S/C35H42Cl3NO6Si/c1-6-22-42-32-29(39-33(40)35(36,37)38)31(43-23-25-16-10-7-11-17-25)30(41-5)28(45-32)24-44-46(34(2,3)4,26-18-12-8-13-19-26)27-20-14-9-15-21-27/h6-21,28-32H,1,22-24H2,2-5H3,(H,39,40)/t28-,29+,30-,31+,32+/m0/s1. The van der Waals surface area contributed by atoms with E-state index in [0.29, 0.717) is 0 Å². The molecule has 1 aliphatic heterocycles. The number of ether oxygens (including phenoxy) is 4. The number of amides is 1. The molecule has 46 heavy (non-hydrogen) atoms. The summed E-state index contributed by atoms with van der Waals surface area (Å²) in [4.78, 5) is 13.0. The predicted octanol–water partition coefficient (Wildman–Crippen LogP) is 5.95. The molecule has 0 saturated carbocycles. The maximum atomic E-state index is 13.0. The molecule has 1 amide bonds. The Morgan fingerprint density at radius 3 is 1.91 bits per heavy atom. The molecule has 0 aromatic heterocycles. The molecular weight excluding hydrogens is 665 g/mol. The van der Waals surface area contributed by atoms with Crippen molar-refractivity contribution in [2.75, 3.05) is 20.3 Å². The Balaban J connectivity index is 1.75. The number of alkyl halides is 3. The van der Waals surface area contributed by atoms with Crippen molar-refractivity contribution >= 4 is 59.4 Å². The van der Waals surface area contributed by atoms with Crippen LogP contribution < -0.4 is 15.7 Å². The normalized spacial score (nSPS) is 22.3. The third-order valence-corrected chi connectivity index (χ3v) is 13.5. The third-order valence-electron chi connectivity index (χ3n) is 8.02. The van der Waals surface area contributed by atoms with E-state index in [1.807, 2.05) is 66.7 Å². The van der Waals surface area contributed by atoms with Crippen LogP contribution in [-0.4, -0.2) is 69.0 Å². The van der Waals surface area contributed by atoms with Crippen LogP contribution in [-0.2, 0) is 34.8 Å². The van der Waals surface area contributed by atoms with Crippen molar-refractivity contribution in [1.29, 1.82) is 0 Å². The SMILES string of the molecule is C=CCO[C@@H]1O[C@@H](CO[Si](c2ccccc2)(c2ccccc2)C(C)(C)C)[C@H](OC)[C@H](OCc2ccccc2)[C@H]1NC(=O)C(Cl)(Cl)Cl. The quantitative estimate of drug-likeness (QED) is 0.135. The zero-order valence-electron chi connectivity index (χ0n) is 26.5. The minimum absolute atomic E-state index is 0.135. The zero-order valence-corrected chi connectivity index (χ0v) is 29.8. The molecule has 1 saturated heterocycles. The number of benzene rings is 3. The molecule has 1 heterocycles. The van der Waals surface area contributed by atoms with E-state index in [2.05, 4.69) is 56.9 Å². The van der Waals surface area contributed by atoms with Crippen molar-refractivity contribution in [1.82, 2.24) is 5.32 Å². The van der Waals surface area contributed by atoms with Gasteiger partial charge in [0.2, 0.25) is 0 Å². The highest BCUT2D eigenvalue weighted by Crippen LogP contribution is 2.38. The zero-order chi connectivity index (χ0) is 33.4. The highest BCUT2D eigenvalue weighted by Gasteiger charge is 2.54. The van der Waals surface area contributed by atoms with Gasteiger partial charge in [-0.05, 0) is 21.0 Å². The fourth-order valence-corrected chi connectivity index (χ4v) is 10.7. The second-order valence-electron chi connectivity index (χ2n) is 12.1. The van der Waals surface area contributed by atoms with E-state index >= 15 is 0 Å². The largest absolute Gasteiger partial charge is 0.405 e.